The molecule has 0 unspecified atom stereocenters. The van der Waals surface area contributed by atoms with Crippen molar-refractivity contribution in [1.82, 2.24) is 4.98 Å². The third kappa shape index (κ3) is 4.12. The highest BCUT2D eigenvalue weighted by Crippen LogP contribution is 2.32. The molecule has 1 aromatic heterocycles. The highest BCUT2D eigenvalue weighted by Gasteiger charge is 2.25. The largest absolute Gasteiger partial charge is 0.356 e. The van der Waals surface area contributed by atoms with Crippen LogP contribution in [-0.2, 0) is 11.3 Å². The maximum Gasteiger partial charge on any atom is 0.129 e. The molecule has 0 amide bonds. The molecule has 0 radical (unpaired) electrons. The lowest BCUT2D eigenvalue weighted by Crippen LogP contribution is -2.28. The zero-order valence-corrected chi connectivity index (χ0v) is 14.0. The minimum Gasteiger partial charge on any atom is -0.356 e. The van der Waals surface area contributed by atoms with Gasteiger partial charge in [-0.1, -0.05) is 27.7 Å². The average Bonchev–Trinajstić information content (AvgIpc) is 3.20. The first-order chi connectivity index (χ1) is 9.44. The molecule has 0 N–H and O–H groups in total. The van der Waals surface area contributed by atoms with E-state index in [9.17, 15) is 0 Å². The van der Waals surface area contributed by atoms with Gasteiger partial charge in [-0.2, -0.15) is 0 Å². The van der Waals surface area contributed by atoms with Crippen molar-refractivity contribution in [1.29, 1.82) is 0 Å². The molecule has 1 heterocycles. The molecule has 0 bridgehead atoms. The van der Waals surface area contributed by atoms with E-state index in [0.717, 1.165) is 36.9 Å². The lowest BCUT2D eigenvalue weighted by atomic mass is 9.91. The zero-order valence-electron chi connectivity index (χ0n) is 13.2. The minimum absolute atomic E-state index is 0.0638. The van der Waals surface area contributed by atoms with Gasteiger partial charge in [0.15, 0.2) is 0 Å². The normalized spacial score (nSPS) is 15.4. The van der Waals surface area contributed by atoms with E-state index in [-0.39, 0.29) is 5.41 Å². The molecule has 0 spiro atoms. The van der Waals surface area contributed by atoms with E-state index in [4.69, 9.17) is 16.6 Å². The summed E-state index contributed by atoms with van der Waals surface area (Å²) >= 11 is 6.07. The number of anilines is 1. The number of rotatable bonds is 6. The molecule has 1 aliphatic rings. The molecule has 3 heteroatoms. The molecule has 1 fully saturated rings. The highest BCUT2D eigenvalue weighted by molar-refractivity contribution is 6.17. The summed E-state index contributed by atoms with van der Waals surface area (Å²) in [6.45, 7) is 11.1. The van der Waals surface area contributed by atoms with Gasteiger partial charge < -0.3 is 4.90 Å². The quantitative estimate of drug-likeness (QED) is 0.704. The van der Waals surface area contributed by atoms with Crippen molar-refractivity contribution < 1.29 is 0 Å². The van der Waals surface area contributed by atoms with E-state index in [0.29, 0.717) is 5.88 Å². The predicted octanol–water partition coefficient (Wildman–Crippen LogP) is 4.74. The van der Waals surface area contributed by atoms with E-state index in [1.165, 1.54) is 18.4 Å². The Labute approximate surface area is 128 Å². The fourth-order valence-electron chi connectivity index (χ4n) is 2.38. The summed E-state index contributed by atoms with van der Waals surface area (Å²) < 4.78 is 0. The molecule has 112 valence electrons. The van der Waals surface area contributed by atoms with Crippen molar-refractivity contribution >= 4 is 17.4 Å². The summed E-state index contributed by atoms with van der Waals surface area (Å²) in [6.07, 6.45) is 3.91. The van der Waals surface area contributed by atoms with Crippen molar-refractivity contribution in [3.63, 3.8) is 0 Å². The van der Waals surface area contributed by atoms with Crippen LogP contribution in [0.3, 0.4) is 0 Å². The number of alkyl halides is 1. The molecule has 0 saturated heterocycles. The zero-order chi connectivity index (χ0) is 14.8. The van der Waals surface area contributed by atoms with Gasteiger partial charge in [0.1, 0.15) is 5.82 Å². The Balaban J connectivity index is 2.31. The molecule has 2 rings (SSSR count). The van der Waals surface area contributed by atoms with Crippen LogP contribution in [0.25, 0.3) is 0 Å². The van der Waals surface area contributed by atoms with Gasteiger partial charge in [-0.3, -0.25) is 0 Å². The number of aromatic nitrogens is 1. The monoisotopic (exact) mass is 294 g/mol. The number of nitrogens with zero attached hydrogens (tertiary/aromatic N) is 2. The molecule has 1 saturated carbocycles. The standard InChI is InChI=1S/C17H27ClN2/c1-5-8-20(12-13-6-7-13)16-10-14(11-18)9-15(19-16)17(2,3)4/h9-10,13H,5-8,11-12H2,1-4H3. The molecular weight excluding hydrogens is 268 g/mol. The van der Waals surface area contributed by atoms with Crippen LogP contribution in [-0.4, -0.2) is 18.1 Å². The Morgan fingerprint density at radius 3 is 2.50 bits per heavy atom. The summed E-state index contributed by atoms with van der Waals surface area (Å²) in [4.78, 5) is 7.37. The van der Waals surface area contributed by atoms with Gasteiger partial charge in [-0.25, -0.2) is 4.98 Å². The van der Waals surface area contributed by atoms with Gasteiger partial charge in [-0.15, -0.1) is 11.6 Å². The summed E-state index contributed by atoms with van der Waals surface area (Å²) in [5.74, 6) is 2.55. The minimum atomic E-state index is 0.0638. The number of hydrogen-bond donors (Lipinski definition) is 0. The van der Waals surface area contributed by atoms with Gasteiger partial charge in [0, 0.05) is 30.1 Å². The Bertz CT molecular complexity index is 447. The summed E-state index contributed by atoms with van der Waals surface area (Å²) in [6, 6.07) is 4.32. The van der Waals surface area contributed by atoms with E-state index in [1.54, 1.807) is 0 Å². The Hall–Kier alpha value is -0.760. The van der Waals surface area contributed by atoms with Gasteiger partial charge in [0.05, 0.1) is 0 Å². The van der Waals surface area contributed by atoms with Gasteiger partial charge in [0.2, 0.25) is 0 Å². The third-order valence-electron chi connectivity index (χ3n) is 3.79. The number of hydrogen-bond acceptors (Lipinski definition) is 2. The third-order valence-corrected chi connectivity index (χ3v) is 4.10. The van der Waals surface area contributed by atoms with Crippen molar-refractivity contribution in [3.05, 3.63) is 23.4 Å². The number of halogens is 1. The van der Waals surface area contributed by atoms with Crippen LogP contribution in [0.4, 0.5) is 5.82 Å². The van der Waals surface area contributed by atoms with Crippen LogP contribution in [0.2, 0.25) is 0 Å². The lowest BCUT2D eigenvalue weighted by molar-refractivity contribution is 0.565. The SMILES string of the molecule is CCCN(CC1CC1)c1cc(CCl)cc(C(C)(C)C)n1. The first-order valence-electron chi connectivity index (χ1n) is 7.76. The van der Waals surface area contributed by atoms with Crippen LogP contribution in [0.1, 0.15) is 58.2 Å². The second kappa shape index (κ2) is 6.34. The predicted molar refractivity (Wildman–Crippen MR) is 87.7 cm³/mol. The molecule has 2 nitrogen and oxygen atoms in total. The molecule has 0 aromatic carbocycles. The van der Waals surface area contributed by atoms with Crippen LogP contribution in [0.15, 0.2) is 12.1 Å². The van der Waals surface area contributed by atoms with E-state index < -0.39 is 0 Å². The van der Waals surface area contributed by atoms with E-state index in [2.05, 4.69) is 44.7 Å². The topological polar surface area (TPSA) is 16.1 Å². The summed E-state index contributed by atoms with van der Waals surface area (Å²) in [5, 5.41) is 0. The van der Waals surface area contributed by atoms with Gasteiger partial charge in [0.25, 0.3) is 0 Å². The van der Waals surface area contributed by atoms with Crippen molar-refractivity contribution in [2.45, 2.75) is 58.3 Å². The fraction of sp³-hybridized carbons (Fsp3) is 0.706. The molecule has 1 aliphatic carbocycles. The van der Waals surface area contributed by atoms with E-state index in [1.807, 2.05) is 0 Å². The molecule has 1 aromatic rings. The molecule has 20 heavy (non-hydrogen) atoms. The Morgan fingerprint density at radius 1 is 1.30 bits per heavy atom. The van der Waals surface area contributed by atoms with Crippen molar-refractivity contribution in [3.8, 4) is 0 Å². The molecular formula is C17H27ClN2. The fourth-order valence-corrected chi connectivity index (χ4v) is 2.53. The molecule has 0 aliphatic heterocycles. The first-order valence-corrected chi connectivity index (χ1v) is 8.30. The average molecular weight is 295 g/mol. The van der Waals surface area contributed by atoms with Gasteiger partial charge >= 0.3 is 0 Å². The Morgan fingerprint density at radius 2 is 2.00 bits per heavy atom. The van der Waals surface area contributed by atoms with Gasteiger partial charge in [-0.05, 0) is 42.9 Å². The number of pyridine rings is 1. The lowest BCUT2D eigenvalue weighted by Gasteiger charge is -2.27. The van der Waals surface area contributed by atoms with Crippen LogP contribution >= 0.6 is 11.6 Å². The maximum absolute atomic E-state index is 6.07. The van der Waals surface area contributed by atoms with E-state index >= 15 is 0 Å². The van der Waals surface area contributed by atoms with Crippen LogP contribution in [0.5, 0.6) is 0 Å². The smallest absolute Gasteiger partial charge is 0.129 e. The second-order valence-electron chi connectivity index (χ2n) is 6.99. The summed E-state index contributed by atoms with van der Waals surface area (Å²) in [7, 11) is 0. The second-order valence-corrected chi connectivity index (χ2v) is 7.26. The van der Waals surface area contributed by atoms with Crippen LogP contribution < -0.4 is 4.90 Å². The van der Waals surface area contributed by atoms with Crippen LogP contribution in [0, 0.1) is 5.92 Å². The Kier molecular flexibility index (Phi) is 4.95. The van der Waals surface area contributed by atoms with Crippen molar-refractivity contribution in [2.75, 3.05) is 18.0 Å². The first kappa shape index (κ1) is 15.6. The molecule has 0 atom stereocenters. The maximum atomic E-state index is 6.07. The van der Waals surface area contributed by atoms with Crippen molar-refractivity contribution in [2.24, 2.45) is 5.92 Å². The highest BCUT2D eigenvalue weighted by atomic mass is 35.5. The summed E-state index contributed by atoms with van der Waals surface area (Å²) in [5.41, 5.74) is 2.38.